The molecular formula is C13H19NO. The van der Waals surface area contributed by atoms with Crippen LogP contribution in [0.5, 0.6) is 5.75 Å². The van der Waals surface area contributed by atoms with E-state index in [1.165, 1.54) is 11.1 Å². The van der Waals surface area contributed by atoms with Crippen LogP contribution >= 0.6 is 0 Å². The summed E-state index contributed by atoms with van der Waals surface area (Å²) in [5, 5.41) is 3.34. The minimum absolute atomic E-state index is 0.396. The van der Waals surface area contributed by atoms with Crippen molar-refractivity contribution in [1.29, 1.82) is 0 Å². The van der Waals surface area contributed by atoms with Gasteiger partial charge in [-0.2, -0.15) is 0 Å². The lowest BCUT2D eigenvalue weighted by Gasteiger charge is -2.24. The van der Waals surface area contributed by atoms with Crippen molar-refractivity contribution >= 4 is 0 Å². The Morgan fingerprint density at radius 1 is 1.07 bits per heavy atom. The largest absolute Gasteiger partial charge is 0.490 e. The second-order valence-electron chi connectivity index (χ2n) is 4.39. The smallest absolute Gasteiger partial charge is 0.120 e. The summed E-state index contributed by atoms with van der Waals surface area (Å²) in [4.78, 5) is 0. The van der Waals surface area contributed by atoms with Crippen molar-refractivity contribution in [2.75, 3.05) is 13.1 Å². The normalized spacial score (nSPS) is 17.7. The molecule has 0 amide bonds. The van der Waals surface area contributed by atoms with E-state index in [0.717, 1.165) is 31.7 Å². The quantitative estimate of drug-likeness (QED) is 0.800. The third-order valence-corrected chi connectivity index (χ3v) is 2.78. The molecule has 0 atom stereocenters. The molecule has 1 aromatic carbocycles. The molecule has 0 radical (unpaired) electrons. The van der Waals surface area contributed by atoms with Crippen molar-refractivity contribution in [1.82, 2.24) is 5.32 Å². The zero-order valence-electron chi connectivity index (χ0n) is 9.55. The number of hydrogen-bond donors (Lipinski definition) is 1. The van der Waals surface area contributed by atoms with E-state index in [9.17, 15) is 0 Å². The lowest BCUT2D eigenvalue weighted by Crippen LogP contribution is -2.34. The van der Waals surface area contributed by atoms with Crippen LogP contribution in [0, 0.1) is 13.8 Å². The molecule has 0 bridgehead atoms. The van der Waals surface area contributed by atoms with Crippen LogP contribution in [-0.2, 0) is 0 Å². The highest BCUT2D eigenvalue weighted by atomic mass is 16.5. The van der Waals surface area contributed by atoms with Crippen LogP contribution in [0.3, 0.4) is 0 Å². The molecule has 1 fully saturated rings. The topological polar surface area (TPSA) is 21.3 Å². The van der Waals surface area contributed by atoms with Gasteiger partial charge < -0.3 is 10.1 Å². The van der Waals surface area contributed by atoms with Gasteiger partial charge >= 0.3 is 0 Å². The van der Waals surface area contributed by atoms with Gasteiger partial charge in [0.2, 0.25) is 0 Å². The first-order chi connectivity index (χ1) is 7.24. The maximum Gasteiger partial charge on any atom is 0.120 e. The number of benzene rings is 1. The minimum atomic E-state index is 0.396. The van der Waals surface area contributed by atoms with E-state index in [-0.39, 0.29) is 0 Å². The van der Waals surface area contributed by atoms with Gasteiger partial charge in [-0.05, 0) is 63.0 Å². The Hall–Kier alpha value is -1.02. The highest BCUT2D eigenvalue weighted by Crippen LogP contribution is 2.20. The average Bonchev–Trinajstić information content (AvgIpc) is 2.17. The van der Waals surface area contributed by atoms with E-state index in [1.54, 1.807) is 0 Å². The summed E-state index contributed by atoms with van der Waals surface area (Å²) in [6.45, 7) is 6.38. The molecule has 2 rings (SSSR count). The summed E-state index contributed by atoms with van der Waals surface area (Å²) in [7, 11) is 0. The van der Waals surface area contributed by atoms with Gasteiger partial charge in [0.1, 0.15) is 11.9 Å². The first-order valence-electron chi connectivity index (χ1n) is 5.70. The molecule has 1 aliphatic rings. The van der Waals surface area contributed by atoms with Gasteiger partial charge in [-0.15, -0.1) is 0 Å². The summed E-state index contributed by atoms with van der Waals surface area (Å²) >= 11 is 0. The SMILES string of the molecule is Cc1cc(C)cc(OC2CCNCC2)c1. The molecular weight excluding hydrogens is 186 g/mol. The third kappa shape index (κ3) is 2.96. The van der Waals surface area contributed by atoms with Gasteiger partial charge in [0, 0.05) is 0 Å². The minimum Gasteiger partial charge on any atom is -0.490 e. The van der Waals surface area contributed by atoms with Gasteiger partial charge in [-0.25, -0.2) is 0 Å². The maximum absolute atomic E-state index is 5.98. The van der Waals surface area contributed by atoms with Crippen LogP contribution in [-0.4, -0.2) is 19.2 Å². The fraction of sp³-hybridized carbons (Fsp3) is 0.538. The van der Waals surface area contributed by atoms with E-state index < -0.39 is 0 Å². The van der Waals surface area contributed by atoms with Crippen LogP contribution in [0.15, 0.2) is 18.2 Å². The Morgan fingerprint density at radius 2 is 1.67 bits per heavy atom. The lowest BCUT2D eigenvalue weighted by atomic mass is 10.1. The summed E-state index contributed by atoms with van der Waals surface area (Å²) in [5.74, 6) is 1.03. The molecule has 15 heavy (non-hydrogen) atoms. The molecule has 82 valence electrons. The van der Waals surface area contributed by atoms with Crippen molar-refractivity contribution < 1.29 is 4.74 Å². The molecule has 2 heteroatoms. The Labute approximate surface area is 91.6 Å². The second-order valence-corrected chi connectivity index (χ2v) is 4.39. The highest BCUT2D eigenvalue weighted by Gasteiger charge is 2.14. The fourth-order valence-corrected chi connectivity index (χ4v) is 2.11. The summed E-state index contributed by atoms with van der Waals surface area (Å²) in [6.07, 6.45) is 2.63. The van der Waals surface area contributed by atoms with E-state index in [0.29, 0.717) is 6.10 Å². The van der Waals surface area contributed by atoms with E-state index in [4.69, 9.17) is 4.74 Å². The predicted octanol–water partition coefficient (Wildman–Crippen LogP) is 2.43. The predicted molar refractivity (Wildman–Crippen MR) is 62.4 cm³/mol. The third-order valence-electron chi connectivity index (χ3n) is 2.78. The maximum atomic E-state index is 5.98. The molecule has 1 heterocycles. The first-order valence-corrected chi connectivity index (χ1v) is 5.70. The van der Waals surface area contributed by atoms with Gasteiger partial charge in [0.05, 0.1) is 0 Å². The van der Waals surface area contributed by atoms with E-state index in [2.05, 4.69) is 37.4 Å². The Balaban J connectivity index is 2.02. The molecule has 0 spiro atoms. The lowest BCUT2D eigenvalue weighted by molar-refractivity contribution is 0.162. The molecule has 0 saturated carbocycles. The molecule has 2 nitrogen and oxygen atoms in total. The fourth-order valence-electron chi connectivity index (χ4n) is 2.11. The van der Waals surface area contributed by atoms with Crippen molar-refractivity contribution in [2.45, 2.75) is 32.8 Å². The molecule has 0 unspecified atom stereocenters. The Bertz CT molecular complexity index is 309. The van der Waals surface area contributed by atoms with Gasteiger partial charge in [-0.3, -0.25) is 0 Å². The van der Waals surface area contributed by atoms with E-state index >= 15 is 0 Å². The van der Waals surface area contributed by atoms with Crippen molar-refractivity contribution in [3.05, 3.63) is 29.3 Å². The summed E-state index contributed by atoms with van der Waals surface area (Å²) in [5.41, 5.74) is 2.55. The second kappa shape index (κ2) is 4.67. The van der Waals surface area contributed by atoms with Crippen LogP contribution in [0.2, 0.25) is 0 Å². The molecule has 1 saturated heterocycles. The highest BCUT2D eigenvalue weighted by molar-refractivity contribution is 5.33. The molecule has 0 aliphatic carbocycles. The van der Waals surface area contributed by atoms with Crippen LogP contribution in [0.4, 0.5) is 0 Å². The van der Waals surface area contributed by atoms with Gasteiger partial charge in [0.15, 0.2) is 0 Å². The number of nitrogens with one attached hydrogen (secondary N) is 1. The van der Waals surface area contributed by atoms with Gasteiger partial charge in [0.25, 0.3) is 0 Å². The van der Waals surface area contributed by atoms with Crippen LogP contribution in [0.1, 0.15) is 24.0 Å². The molecule has 1 aliphatic heterocycles. The summed E-state index contributed by atoms with van der Waals surface area (Å²) in [6, 6.07) is 6.42. The van der Waals surface area contributed by atoms with Crippen molar-refractivity contribution in [3.63, 3.8) is 0 Å². The first kappa shape index (κ1) is 10.5. The zero-order valence-corrected chi connectivity index (χ0v) is 9.55. The zero-order chi connectivity index (χ0) is 10.7. The Kier molecular flexibility index (Phi) is 3.27. The molecule has 0 aromatic heterocycles. The number of piperidine rings is 1. The monoisotopic (exact) mass is 205 g/mol. The number of hydrogen-bond acceptors (Lipinski definition) is 2. The van der Waals surface area contributed by atoms with Crippen LogP contribution in [0.25, 0.3) is 0 Å². The number of ether oxygens (including phenoxy) is 1. The Morgan fingerprint density at radius 3 is 2.27 bits per heavy atom. The summed E-state index contributed by atoms with van der Waals surface area (Å²) < 4.78 is 5.98. The molecule has 1 N–H and O–H groups in total. The molecule has 1 aromatic rings. The van der Waals surface area contributed by atoms with Crippen molar-refractivity contribution in [3.8, 4) is 5.75 Å². The van der Waals surface area contributed by atoms with E-state index in [1.807, 2.05) is 0 Å². The number of aryl methyl sites for hydroxylation is 2. The average molecular weight is 205 g/mol. The van der Waals surface area contributed by atoms with Gasteiger partial charge in [-0.1, -0.05) is 6.07 Å². The van der Waals surface area contributed by atoms with Crippen LogP contribution < -0.4 is 10.1 Å². The van der Waals surface area contributed by atoms with Crippen molar-refractivity contribution in [2.24, 2.45) is 0 Å². The standard InChI is InChI=1S/C13H19NO/c1-10-7-11(2)9-13(8-10)15-12-3-5-14-6-4-12/h7-9,12,14H,3-6H2,1-2H3. The number of rotatable bonds is 2.